The molecule has 1 unspecified atom stereocenters. The summed E-state index contributed by atoms with van der Waals surface area (Å²) in [4.78, 5) is 29.8. The van der Waals surface area contributed by atoms with E-state index in [-0.39, 0.29) is 18.2 Å². The van der Waals surface area contributed by atoms with E-state index in [1.165, 1.54) is 4.52 Å². The van der Waals surface area contributed by atoms with Gasteiger partial charge >= 0.3 is 0 Å². The SMILES string of the molecule is O=C(CC(NC(=O)c1ccccc1Cl)c1ccccc1)Nc1ccnc2ccnn12. The number of benzene rings is 2. The van der Waals surface area contributed by atoms with E-state index in [1.807, 2.05) is 30.3 Å². The summed E-state index contributed by atoms with van der Waals surface area (Å²) in [5, 5.41) is 10.3. The third-order valence-electron chi connectivity index (χ3n) is 4.57. The number of nitrogens with zero attached hydrogens (tertiary/aromatic N) is 3. The predicted molar refractivity (Wildman–Crippen MR) is 114 cm³/mol. The van der Waals surface area contributed by atoms with Crippen LogP contribution in [0.5, 0.6) is 0 Å². The average Bonchev–Trinajstić information content (AvgIpc) is 3.24. The Hall–Kier alpha value is -3.71. The van der Waals surface area contributed by atoms with Crippen LogP contribution >= 0.6 is 11.6 Å². The smallest absolute Gasteiger partial charge is 0.253 e. The van der Waals surface area contributed by atoms with Crippen molar-refractivity contribution in [1.29, 1.82) is 0 Å². The van der Waals surface area contributed by atoms with Gasteiger partial charge in [-0.1, -0.05) is 54.1 Å². The molecule has 8 heteroatoms. The van der Waals surface area contributed by atoms with Crippen LogP contribution in [0.3, 0.4) is 0 Å². The van der Waals surface area contributed by atoms with Crippen molar-refractivity contribution in [3.8, 4) is 0 Å². The molecule has 0 radical (unpaired) electrons. The maximum Gasteiger partial charge on any atom is 0.253 e. The Labute approximate surface area is 177 Å². The minimum absolute atomic E-state index is 0.0330. The fraction of sp³-hybridized carbons (Fsp3) is 0.0909. The molecule has 0 saturated heterocycles. The molecule has 0 aliphatic carbocycles. The molecule has 0 aliphatic heterocycles. The third-order valence-corrected chi connectivity index (χ3v) is 4.90. The van der Waals surface area contributed by atoms with Crippen LogP contribution in [0.1, 0.15) is 28.4 Å². The maximum absolute atomic E-state index is 12.8. The number of hydrogen-bond donors (Lipinski definition) is 2. The number of rotatable bonds is 6. The fourth-order valence-corrected chi connectivity index (χ4v) is 3.35. The molecule has 0 spiro atoms. The summed E-state index contributed by atoms with van der Waals surface area (Å²) >= 11 is 6.15. The van der Waals surface area contributed by atoms with Gasteiger partial charge in [-0.2, -0.15) is 9.61 Å². The van der Waals surface area contributed by atoms with Crippen LogP contribution < -0.4 is 10.6 Å². The monoisotopic (exact) mass is 419 g/mol. The Morgan fingerprint density at radius 1 is 0.967 bits per heavy atom. The minimum atomic E-state index is -0.537. The van der Waals surface area contributed by atoms with Gasteiger partial charge in [0, 0.05) is 12.3 Å². The van der Waals surface area contributed by atoms with Crippen molar-refractivity contribution in [2.75, 3.05) is 5.32 Å². The van der Waals surface area contributed by atoms with Gasteiger partial charge in [-0.15, -0.1) is 0 Å². The van der Waals surface area contributed by atoms with Crippen molar-refractivity contribution >= 4 is 34.9 Å². The van der Waals surface area contributed by atoms with Gasteiger partial charge in [0.1, 0.15) is 5.82 Å². The Morgan fingerprint density at radius 3 is 2.53 bits per heavy atom. The number of fused-ring (bicyclic) bond motifs is 1. The van der Waals surface area contributed by atoms with Gasteiger partial charge < -0.3 is 10.6 Å². The zero-order valence-corrected chi connectivity index (χ0v) is 16.6. The van der Waals surface area contributed by atoms with Gasteiger partial charge in [-0.25, -0.2) is 4.98 Å². The first-order valence-corrected chi connectivity index (χ1v) is 9.68. The minimum Gasteiger partial charge on any atom is -0.345 e. The van der Waals surface area contributed by atoms with Crippen LogP contribution in [0, 0.1) is 0 Å². The number of nitrogens with one attached hydrogen (secondary N) is 2. The first-order valence-electron chi connectivity index (χ1n) is 9.31. The van der Waals surface area contributed by atoms with E-state index in [2.05, 4.69) is 20.7 Å². The van der Waals surface area contributed by atoms with Crippen LogP contribution in [0.25, 0.3) is 5.65 Å². The summed E-state index contributed by atoms with van der Waals surface area (Å²) in [7, 11) is 0. The van der Waals surface area contributed by atoms with E-state index in [4.69, 9.17) is 11.6 Å². The quantitative estimate of drug-likeness (QED) is 0.496. The molecule has 150 valence electrons. The topological polar surface area (TPSA) is 88.4 Å². The lowest BCUT2D eigenvalue weighted by molar-refractivity contribution is -0.116. The van der Waals surface area contributed by atoms with Crippen LogP contribution in [0.2, 0.25) is 5.02 Å². The zero-order chi connectivity index (χ0) is 20.9. The van der Waals surface area contributed by atoms with Crippen molar-refractivity contribution in [3.05, 3.63) is 95.3 Å². The lowest BCUT2D eigenvalue weighted by Gasteiger charge is -2.19. The van der Waals surface area contributed by atoms with Crippen LogP contribution in [-0.4, -0.2) is 26.4 Å². The van der Waals surface area contributed by atoms with E-state index in [9.17, 15) is 9.59 Å². The Balaban J connectivity index is 1.54. The normalized spacial score (nSPS) is 11.8. The van der Waals surface area contributed by atoms with Crippen molar-refractivity contribution < 1.29 is 9.59 Å². The van der Waals surface area contributed by atoms with Gasteiger partial charge in [0.05, 0.1) is 29.2 Å². The lowest BCUT2D eigenvalue weighted by Crippen LogP contribution is -2.32. The number of aromatic nitrogens is 3. The molecular formula is C22H18ClN5O2. The molecule has 0 aliphatic rings. The molecule has 7 nitrogen and oxygen atoms in total. The highest BCUT2D eigenvalue weighted by molar-refractivity contribution is 6.33. The van der Waals surface area contributed by atoms with Gasteiger partial charge in [0.25, 0.3) is 5.91 Å². The second-order valence-electron chi connectivity index (χ2n) is 6.60. The number of amides is 2. The predicted octanol–water partition coefficient (Wildman–Crippen LogP) is 3.88. The molecule has 30 heavy (non-hydrogen) atoms. The highest BCUT2D eigenvalue weighted by Crippen LogP contribution is 2.21. The second kappa shape index (κ2) is 8.75. The highest BCUT2D eigenvalue weighted by Gasteiger charge is 2.21. The van der Waals surface area contributed by atoms with E-state index in [0.717, 1.165) is 5.56 Å². The van der Waals surface area contributed by atoms with E-state index >= 15 is 0 Å². The first-order chi connectivity index (χ1) is 14.6. The summed E-state index contributed by atoms with van der Waals surface area (Å²) in [6.45, 7) is 0. The Morgan fingerprint density at radius 2 is 1.73 bits per heavy atom. The number of anilines is 1. The van der Waals surface area contributed by atoms with Crippen LogP contribution in [0.15, 0.2) is 79.1 Å². The third kappa shape index (κ3) is 4.31. The summed E-state index contributed by atoms with van der Waals surface area (Å²) in [5.41, 5.74) is 1.79. The van der Waals surface area contributed by atoms with Crippen LogP contribution in [0.4, 0.5) is 5.82 Å². The lowest BCUT2D eigenvalue weighted by atomic mass is 10.0. The number of halogens is 1. The fourth-order valence-electron chi connectivity index (χ4n) is 3.13. The van der Waals surface area contributed by atoms with Crippen molar-refractivity contribution in [2.24, 2.45) is 0 Å². The molecule has 0 bridgehead atoms. The molecule has 0 saturated carbocycles. The van der Waals surface area contributed by atoms with Crippen molar-refractivity contribution in [2.45, 2.75) is 12.5 Å². The summed E-state index contributed by atoms with van der Waals surface area (Å²) < 4.78 is 1.54. The molecule has 0 fully saturated rings. The number of carbonyl (C=O) groups excluding carboxylic acids is 2. The first kappa shape index (κ1) is 19.6. The molecule has 2 amide bonds. The van der Waals surface area contributed by atoms with E-state index in [1.54, 1.807) is 48.8 Å². The summed E-state index contributed by atoms with van der Waals surface area (Å²) in [6, 6.07) is 19.0. The molecule has 2 heterocycles. The number of carbonyl (C=O) groups is 2. The molecule has 2 aromatic heterocycles. The zero-order valence-electron chi connectivity index (χ0n) is 15.8. The Kier molecular flexibility index (Phi) is 5.72. The molecule has 2 N–H and O–H groups in total. The van der Waals surface area contributed by atoms with Gasteiger partial charge in [-0.05, 0) is 23.8 Å². The number of hydrogen-bond acceptors (Lipinski definition) is 4. The molecule has 4 rings (SSSR count). The van der Waals surface area contributed by atoms with Crippen LogP contribution in [-0.2, 0) is 4.79 Å². The van der Waals surface area contributed by atoms with Gasteiger partial charge in [0.15, 0.2) is 5.65 Å². The average molecular weight is 420 g/mol. The Bertz CT molecular complexity index is 1190. The summed E-state index contributed by atoms with van der Waals surface area (Å²) in [6.07, 6.45) is 3.24. The standard InChI is InChI=1S/C22H18ClN5O2/c23-17-9-5-4-8-16(17)22(30)26-18(15-6-2-1-3-7-15)14-21(29)27-20-10-12-24-19-11-13-25-28(19)20/h1-13,18H,14H2,(H,26,30)(H,27,29). The molecule has 1 atom stereocenters. The van der Waals surface area contributed by atoms with Crippen molar-refractivity contribution in [3.63, 3.8) is 0 Å². The highest BCUT2D eigenvalue weighted by atomic mass is 35.5. The summed E-state index contributed by atoms with van der Waals surface area (Å²) in [5.74, 6) is -0.119. The van der Waals surface area contributed by atoms with Gasteiger partial charge in [-0.3, -0.25) is 9.59 Å². The maximum atomic E-state index is 12.8. The van der Waals surface area contributed by atoms with E-state index in [0.29, 0.717) is 22.1 Å². The molecular weight excluding hydrogens is 402 g/mol. The van der Waals surface area contributed by atoms with Gasteiger partial charge in [0.2, 0.25) is 5.91 Å². The molecule has 2 aromatic carbocycles. The van der Waals surface area contributed by atoms with E-state index < -0.39 is 6.04 Å². The largest absolute Gasteiger partial charge is 0.345 e. The van der Waals surface area contributed by atoms with Crippen molar-refractivity contribution in [1.82, 2.24) is 19.9 Å². The second-order valence-corrected chi connectivity index (χ2v) is 7.01. The molecule has 4 aromatic rings.